The zero-order valence-electron chi connectivity index (χ0n) is 15.5. The summed E-state index contributed by atoms with van der Waals surface area (Å²) in [7, 11) is 2.11. The molecule has 1 aromatic heterocycles. The van der Waals surface area contributed by atoms with Gasteiger partial charge < -0.3 is 4.90 Å². The van der Waals surface area contributed by atoms with Crippen LogP contribution in [-0.2, 0) is 6.54 Å². The molecule has 26 heavy (non-hydrogen) atoms. The van der Waals surface area contributed by atoms with Crippen LogP contribution in [-0.4, -0.2) is 34.9 Å². The molecule has 2 aromatic rings. The van der Waals surface area contributed by atoms with Crippen molar-refractivity contribution >= 4 is 22.5 Å². The number of allylic oxidation sites excluding steroid dienone is 3. The van der Waals surface area contributed by atoms with E-state index in [0.717, 1.165) is 36.6 Å². The second-order valence-corrected chi connectivity index (χ2v) is 7.94. The molecule has 0 radical (unpaired) electrons. The first-order chi connectivity index (χ1) is 12.6. The van der Waals surface area contributed by atoms with E-state index >= 15 is 0 Å². The summed E-state index contributed by atoms with van der Waals surface area (Å²) in [5.74, 6) is 1.33. The molecular formula is C22H26ClN3. The summed E-state index contributed by atoms with van der Waals surface area (Å²) in [6.07, 6.45) is 9.47. The van der Waals surface area contributed by atoms with E-state index in [0.29, 0.717) is 11.1 Å². The fourth-order valence-electron chi connectivity index (χ4n) is 4.07. The first-order valence-corrected chi connectivity index (χ1v) is 9.84. The molecule has 1 atom stereocenters. The largest absolute Gasteiger partial charge is 0.355 e. The Hall–Kier alpha value is -1.84. The van der Waals surface area contributed by atoms with Crippen molar-refractivity contribution in [3.05, 3.63) is 65.1 Å². The summed E-state index contributed by atoms with van der Waals surface area (Å²) in [6.45, 7) is 5.34. The minimum absolute atomic E-state index is 0.583. The molecule has 2 aliphatic heterocycles. The van der Waals surface area contributed by atoms with Crippen LogP contribution in [0, 0.1) is 11.8 Å². The molecular weight excluding hydrogens is 342 g/mol. The van der Waals surface area contributed by atoms with Crippen molar-refractivity contribution in [3.63, 3.8) is 0 Å². The van der Waals surface area contributed by atoms with Gasteiger partial charge in [0.1, 0.15) is 5.15 Å². The second-order valence-electron chi connectivity index (χ2n) is 7.58. The van der Waals surface area contributed by atoms with E-state index in [1.54, 1.807) is 0 Å². The van der Waals surface area contributed by atoms with Gasteiger partial charge >= 0.3 is 0 Å². The van der Waals surface area contributed by atoms with E-state index in [-0.39, 0.29) is 0 Å². The van der Waals surface area contributed by atoms with E-state index in [4.69, 9.17) is 11.6 Å². The number of aromatic nitrogens is 1. The van der Waals surface area contributed by atoms with Crippen LogP contribution in [0.25, 0.3) is 10.9 Å². The standard InChI is InChI=1S/C22H26ClN3/c1-16-13-18(7-10-25(16)2)17-8-11-26(12-9-17)15-20-14-19-5-3-4-6-21(19)24-22(20)23/h3-7,10,13-14,17-18H,8-9,11-12,15H2,1-2H3. The fourth-order valence-corrected chi connectivity index (χ4v) is 4.28. The molecule has 0 bridgehead atoms. The molecule has 4 heteroatoms. The number of fused-ring (bicyclic) bond motifs is 1. The highest BCUT2D eigenvalue weighted by atomic mass is 35.5. The summed E-state index contributed by atoms with van der Waals surface area (Å²) in [4.78, 5) is 9.27. The van der Waals surface area contributed by atoms with Crippen LogP contribution in [0.2, 0.25) is 5.15 Å². The van der Waals surface area contributed by atoms with Crippen molar-refractivity contribution in [2.45, 2.75) is 26.3 Å². The molecule has 0 N–H and O–H groups in total. The number of rotatable bonds is 3. The third kappa shape index (κ3) is 3.65. The highest BCUT2D eigenvalue weighted by Gasteiger charge is 2.26. The quantitative estimate of drug-likeness (QED) is 0.705. The Morgan fingerprint density at radius 2 is 1.96 bits per heavy atom. The number of hydrogen-bond acceptors (Lipinski definition) is 3. The monoisotopic (exact) mass is 367 g/mol. The predicted molar refractivity (Wildman–Crippen MR) is 109 cm³/mol. The van der Waals surface area contributed by atoms with Crippen molar-refractivity contribution in [2.24, 2.45) is 11.8 Å². The molecule has 0 spiro atoms. The van der Waals surface area contributed by atoms with Gasteiger partial charge in [-0.25, -0.2) is 4.98 Å². The number of para-hydroxylation sites is 1. The molecule has 4 rings (SSSR count). The molecule has 1 fully saturated rings. The van der Waals surface area contributed by atoms with Crippen LogP contribution in [0.5, 0.6) is 0 Å². The van der Waals surface area contributed by atoms with Crippen LogP contribution in [0.15, 0.2) is 54.4 Å². The lowest BCUT2D eigenvalue weighted by atomic mass is 9.82. The molecule has 0 saturated carbocycles. The van der Waals surface area contributed by atoms with Gasteiger partial charge in [-0.1, -0.05) is 42.0 Å². The van der Waals surface area contributed by atoms with E-state index in [9.17, 15) is 0 Å². The molecule has 136 valence electrons. The maximum atomic E-state index is 6.44. The Kier molecular flexibility index (Phi) is 5.01. The number of piperidine rings is 1. The van der Waals surface area contributed by atoms with Crippen molar-refractivity contribution in [1.82, 2.24) is 14.8 Å². The maximum absolute atomic E-state index is 6.44. The Bertz CT molecular complexity index is 850. The lowest BCUT2D eigenvalue weighted by Crippen LogP contribution is -2.35. The molecule has 1 saturated heterocycles. The number of benzene rings is 1. The normalized spacial score (nSPS) is 22.0. The lowest BCUT2D eigenvalue weighted by Gasteiger charge is -2.36. The van der Waals surface area contributed by atoms with Gasteiger partial charge in [0.2, 0.25) is 0 Å². The average molecular weight is 368 g/mol. The highest BCUT2D eigenvalue weighted by molar-refractivity contribution is 6.30. The van der Waals surface area contributed by atoms with E-state index in [2.05, 4.69) is 65.3 Å². The summed E-state index contributed by atoms with van der Waals surface area (Å²) >= 11 is 6.44. The van der Waals surface area contributed by atoms with Crippen LogP contribution in [0.4, 0.5) is 0 Å². The topological polar surface area (TPSA) is 19.4 Å². The third-order valence-corrected chi connectivity index (χ3v) is 6.17. The lowest BCUT2D eigenvalue weighted by molar-refractivity contribution is 0.163. The van der Waals surface area contributed by atoms with E-state index < -0.39 is 0 Å². The number of hydrogen-bond donors (Lipinski definition) is 0. The Balaban J connectivity index is 1.40. The van der Waals surface area contributed by atoms with Gasteiger partial charge in [-0.05, 0) is 57.1 Å². The van der Waals surface area contributed by atoms with Crippen LogP contribution in [0.1, 0.15) is 25.3 Å². The van der Waals surface area contributed by atoms with Crippen LogP contribution < -0.4 is 0 Å². The molecule has 1 unspecified atom stereocenters. The van der Waals surface area contributed by atoms with E-state index in [1.807, 2.05) is 12.1 Å². The van der Waals surface area contributed by atoms with Crippen molar-refractivity contribution in [2.75, 3.05) is 20.1 Å². The molecule has 3 heterocycles. The van der Waals surface area contributed by atoms with E-state index in [1.165, 1.54) is 23.9 Å². The van der Waals surface area contributed by atoms with Crippen molar-refractivity contribution < 1.29 is 0 Å². The summed E-state index contributed by atoms with van der Waals surface area (Å²) in [6, 6.07) is 10.4. The molecule has 3 nitrogen and oxygen atoms in total. The summed E-state index contributed by atoms with van der Waals surface area (Å²) in [5, 5.41) is 1.81. The van der Waals surface area contributed by atoms with Gasteiger partial charge in [0, 0.05) is 36.2 Å². The smallest absolute Gasteiger partial charge is 0.134 e. The SMILES string of the molecule is CC1=CC(C2CCN(Cc3cc4ccccc4nc3Cl)CC2)C=CN1C. The first-order valence-electron chi connectivity index (χ1n) is 9.46. The van der Waals surface area contributed by atoms with Crippen LogP contribution in [0.3, 0.4) is 0 Å². The Morgan fingerprint density at radius 1 is 1.19 bits per heavy atom. The second kappa shape index (κ2) is 7.42. The van der Waals surface area contributed by atoms with Crippen molar-refractivity contribution in [1.29, 1.82) is 0 Å². The molecule has 2 aliphatic rings. The fraction of sp³-hybridized carbons (Fsp3) is 0.409. The van der Waals surface area contributed by atoms with Gasteiger partial charge in [-0.3, -0.25) is 4.90 Å². The number of likely N-dealkylation sites (tertiary alicyclic amines) is 1. The average Bonchev–Trinajstić information content (AvgIpc) is 2.65. The summed E-state index contributed by atoms with van der Waals surface area (Å²) in [5.41, 5.74) is 3.46. The minimum atomic E-state index is 0.583. The highest BCUT2D eigenvalue weighted by Crippen LogP contribution is 2.31. The van der Waals surface area contributed by atoms with Crippen LogP contribution >= 0.6 is 11.6 Å². The van der Waals surface area contributed by atoms with Gasteiger partial charge in [-0.15, -0.1) is 0 Å². The molecule has 0 amide bonds. The number of halogens is 1. The summed E-state index contributed by atoms with van der Waals surface area (Å²) < 4.78 is 0. The molecule has 1 aromatic carbocycles. The number of nitrogens with zero attached hydrogens (tertiary/aromatic N) is 3. The first kappa shape index (κ1) is 17.6. The Morgan fingerprint density at radius 3 is 2.73 bits per heavy atom. The zero-order chi connectivity index (χ0) is 18.1. The zero-order valence-corrected chi connectivity index (χ0v) is 16.3. The van der Waals surface area contributed by atoms with Gasteiger partial charge in [0.05, 0.1) is 5.52 Å². The predicted octanol–water partition coefficient (Wildman–Crippen LogP) is 5.08. The van der Waals surface area contributed by atoms with Gasteiger partial charge in [0.25, 0.3) is 0 Å². The van der Waals surface area contributed by atoms with Crippen molar-refractivity contribution in [3.8, 4) is 0 Å². The number of pyridine rings is 1. The third-order valence-electron chi connectivity index (χ3n) is 5.84. The van der Waals surface area contributed by atoms with Gasteiger partial charge in [0.15, 0.2) is 0 Å². The maximum Gasteiger partial charge on any atom is 0.134 e. The van der Waals surface area contributed by atoms with Gasteiger partial charge in [-0.2, -0.15) is 0 Å². The Labute approximate surface area is 161 Å². The minimum Gasteiger partial charge on any atom is -0.355 e. The molecule has 0 aliphatic carbocycles.